The number of carbonyl (C=O) groups excluding carboxylic acids is 2. The maximum Gasteiger partial charge on any atom is 0.243 e. The Hall–Kier alpha value is -1.38. The smallest absolute Gasteiger partial charge is 0.243 e. The Morgan fingerprint density at radius 3 is 2.04 bits per heavy atom. The molecule has 142 valence electrons. The Morgan fingerprint density at radius 2 is 1.56 bits per heavy atom. The fraction of sp³-hybridized carbons (Fsp3) is 0.500. The van der Waals surface area contributed by atoms with Crippen LogP contribution in [0.4, 0.5) is 11.4 Å². The maximum absolute atomic E-state index is 12.0. The molecule has 0 aromatic heterocycles. The van der Waals surface area contributed by atoms with E-state index >= 15 is 0 Å². The number of hydrogen-bond donors (Lipinski definition) is 3. The second-order valence-corrected chi connectivity index (χ2v) is 6.19. The van der Waals surface area contributed by atoms with Gasteiger partial charge in [0.15, 0.2) is 0 Å². The van der Waals surface area contributed by atoms with Crippen LogP contribution in [0.25, 0.3) is 0 Å². The van der Waals surface area contributed by atoms with Crippen LogP contribution in [0.15, 0.2) is 24.3 Å². The van der Waals surface area contributed by atoms with E-state index in [0.717, 1.165) is 13.1 Å². The summed E-state index contributed by atoms with van der Waals surface area (Å²) in [5, 5.41) is 5.57. The topological polar surface area (TPSA) is 96.7 Å². The van der Waals surface area contributed by atoms with Gasteiger partial charge in [0.05, 0.1) is 25.3 Å². The van der Waals surface area contributed by atoms with E-state index in [1.54, 1.807) is 38.1 Å². The molecule has 1 saturated heterocycles. The second-order valence-electron chi connectivity index (χ2n) is 6.19. The first-order chi connectivity index (χ1) is 10.8. The van der Waals surface area contributed by atoms with Gasteiger partial charge in [-0.1, -0.05) is 0 Å². The number of nitrogens with one attached hydrogen (secondary N) is 2. The first kappa shape index (κ1) is 23.6. The van der Waals surface area contributed by atoms with Crippen molar-refractivity contribution >= 4 is 48.0 Å². The van der Waals surface area contributed by atoms with Crippen molar-refractivity contribution in [2.24, 2.45) is 5.73 Å². The van der Waals surface area contributed by atoms with Gasteiger partial charge in [0, 0.05) is 24.5 Å². The number of morpholine rings is 1. The van der Waals surface area contributed by atoms with Gasteiger partial charge in [-0.2, -0.15) is 0 Å². The zero-order valence-electron chi connectivity index (χ0n) is 14.4. The van der Waals surface area contributed by atoms with Crippen LogP contribution >= 0.6 is 24.8 Å². The molecule has 0 unspecified atom stereocenters. The van der Waals surface area contributed by atoms with Crippen molar-refractivity contribution in [2.45, 2.75) is 19.4 Å². The van der Waals surface area contributed by atoms with Gasteiger partial charge in [0.1, 0.15) is 0 Å². The summed E-state index contributed by atoms with van der Waals surface area (Å²) in [6, 6.07) is 6.95. The van der Waals surface area contributed by atoms with Gasteiger partial charge in [-0.3, -0.25) is 14.5 Å². The lowest BCUT2D eigenvalue weighted by Crippen LogP contribution is -2.45. The predicted molar refractivity (Wildman–Crippen MR) is 104 cm³/mol. The van der Waals surface area contributed by atoms with Crippen LogP contribution in [-0.2, 0) is 14.3 Å². The SMILES string of the molecule is CC(C)(N)C(=O)Nc1ccc(NC(=O)CN2CCOCC2)cc1.Cl.Cl. The Bertz CT molecular complexity index is 555. The summed E-state index contributed by atoms with van der Waals surface area (Å²) in [7, 11) is 0. The average Bonchev–Trinajstić information content (AvgIpc) is 2.49. The first-order valence-corrected chi connectivity index (χ1v) is 7.65. The summed E-state index contributed by atoms with van der Waals surface area (Å²) >= 11 is 0. The number of rotatable bonds is 5. The minimum Gasteiger partial charge on any atom is -0.379 e. The maximum atomic E-state index is 12.0. The molecule has 2 amide bonds. The van der Waals surface area contributed by atoms with Crippen molar-refractivity contribution in [3.05, 3.63) is 24.3 Å². The first-order valence-electron chi connectivity index (χ1n) is 7.65. The molecule has 9 heteroatoms. The molecule has 1 aliphatic heterocycles. The number of anilines is 2. The zero-order valence-corrected chi connectivity index (χ0v) is 16.0. The molecule has 0 spiro atoms. The summed E-state index contributed by atoms with van der Waals surface area (Å²) in [6.07, 6.45) is 0. The fourth-order valence-electron chi connectivity index (χ4n) is 2.09. The van der Waals surface area contributed by atoms with Gasteiger partial charge in [0.2, 0.25) is 11.8 Å². The molecule has 1 heterocycles. The van der Waals surface area contributed by atoms with E-state index in [1.165, 1.54) is 0 Å². The Balaban J connectivity index is 0.00000288. The molecule has 1 fully saturated rings. The van der Waals surface area contributed by atoms with Gasteiger partial charge in [0.25, 0.3) is 0 Å². The lowest BCUT2D eigenvalue weighted by Gasteiger charge is -2.25. The molecule has 1 aromatic rings. The molecule has 0 aliphatic carbocycles. The number of hydrogen-bond acceptors (Lipinski definition) is 5. The normalized spacial score (nSPS) is 14.7. The van der Waals surface area contributed by atoms with Crippen LogP contribution in [0.1, 0.15) is 13.8 Å². The van der Waals surface area contributed by atoms with Crippen molar-refractivity contribution in [2.75, 3.05) is 43.5 Å². The number of nitrogens with two attached hydrogens (primary N) is 1. The summed E-state index contributed by atoms with van der Waals surface area (Å²) < 4.78 is 5.25. The Labute approximate surface area is 160 Å². The van der Waals surface area contributed by atoms with E-state index in [1.807, 2.05) is 0 Å². The molecular formula is C16H26Cl2N4O3. The molecular weight excluding hydrogens is 367 g/mol. The van der Waals surface area contributed by atoms with Crippen LogP contribution in [0.3, 0.4) is 0 Å². The third kappa shape index (κ3) is 8.02. The molecule has 7 nitrogen and oxygen atoms in total. The predicted octanol–water partition coefficient (Wildman–Crippen LogP) is 1.48. The van der Waals surface area contributed by atoms with E-state index < -0.39 is 5.54 Å². The number of halogens is 2. The van der Waals surface area contributed by atoms with Gasteiger partial charge >= 0.3 is 0 Å². The molecule has 1 aromatic carbocycles. The molecule has 0 bridgehead atoms. The fourth-order valence-corrected chi connectivity index (χ4v) is 2.09. The van der Waals surface area contributed by atoms with E-state index in [0.29, 0.717) is 31.1 Å². The van der Waals surface area contributed by atoms with Crippen LogP contribution in [0.5, 0.6) is 0 Å². The number of nitrogens with zero attached hydrogens (tertiary/aromatic N) is 1. The summed E-state index contributed by atoms with van der Waals surface area (Å²) in [5.74, 6) is -0.326. The van der Waals surface area contributed by atoms with Gasteiger partial charge in [-0.25, -0.2) is 0 Å². The highest BCUT2D eigenvalue weighted by atomic mass is 35.5. The molecule has 0 atom stereocenters. The van der Waals surface area contributed by atoms with Crippen LogP contribution in [0, 0.1) is 0 Å². The third-order valence-corrected chi connectivity index (χ3v) is 3.48. The monoisotopic (exact) mass is 392 g/mol. The van der Waals surface area contributed by atoms with E-state index in [2.05, 4.69) is 15.5 Å². The third-order valence-electron chi connectivity index (χ3n) is 3.48. The molecule has 0 radical (unpaired) electrons. The zero-order chi connectivity index (χ0) is 16.9. The molecule has 4 N–H and O–H groups in total. The molecule has 0 saturated carbocycles. The lowest BCUT2D eigenvalue weighted by molar-refractivity contribution is -0.120. The van der Waals surface area contributed by atoms with Crippen molar-refractivity contribution in [3.8, 4) is 0 Å². The minimum absolute atomic E-state index is 0. The Morgan fingerprint density at radius 1 is 1.08 bits per heavy atom. The summed E-state index contributed by atoms with van der Waals surface area (Å²) in [4.78, 5) is 25.8. The minimum atomic E-state index is -0.939. The highest BCUT2D eigenvalue weighted by molar-refractivity contribution is 5.97. The summed E-state index contributed by atoms with van der Waals surface area (Å²) in [5.41, 5.74) is 6.12. The van der Waals surface area contributed by atoms with Crippen molar-refractivity contribution in [1.82, 2.24) is 4.90 Å². The number of carbonyl (C=O) groups is 2. The standard InChI is InChI=1S/C16H24N4O3.2ClH/c1-16(2,17)15(22)19-13-5-3-12(4-6-13)18-14(21)11-20-7-9-23-10-8-20;;/h3-6H,7-11,17H2,1-2H3,(H,18,21)(H,19,22);2*1H. The number of amides is 2. The van der Waals surface area contributed by atoms with Crippen molar-refractivity contribution in [1.29, 1.82) is 0 Å². The Kier molecular flexibility index (Phi) is 9.99. The molecule has 1 aliphatic rings. The van der Waals surface area contributed by atoms with Crippen molar-refractivity contribution < 1.29 is 14.3 Å². The van der Waals surface area contributed by atoms with Gasteiger partial charge < -0.3 is 21.1 Å². The van der Waals surface area contributed by atoms with Gasteiger partial charge in [-0.05, 0) is 38.1 Å². The highest BCUT2D eigenvalue weighted by Gasteiger charge is 2.21. The average molecular weight is 393 g/mol. The van der Waals surface area contributed by atoms with Crippen molar-refractivity contribution in [3.63, 3.8) is 0 Å². The van der Waals surface area contributed by atoms with E-state index in [9.17, 15) is 9.59 Å². The lowest BCUT2D eigenvalue weighted by atomic mass is 10.1. The van der Waals surface area contributed by atoms with Gasteiger partial charge in [-0.15, -0.1) is 24.8 Å². The second kappa shape index (κ2) is 10.6. The number of ether oxygens (including phenoxy) is 1. The number of benzene rings is 1. The van der Waals surface area contributed by atoms with E-state index in [-0.39, 0.29) is 36.6 Å². The van der Waals surface area contributed by atoms with Crippen LogP contribution < -0.4 is 16.4 Å². The largest absolute Gasteiger partial charge is 0.379 e. The van der Waals surface area contributed by atoms with Crippen LogP contribution in [0.2, 0.25) is 0 Å². The highest BCUT2D eigenvalue weighted by Crippen LogP contribution is 2.15. The quantitative estimate of drug-likeness (QED) is 0.704. The molecule has 25 heavy (non-hydrogen) atoms. The van der Waals surface area contributed by atoms with E-state index in [4.69, 9.17) is 10.5 Å². The van der Waals surface area contributed by atoms with Crippen LogP contribution in [-0.4, -0.2) is 55.1 Å². The summed E-state index contributed by atoms with van der Waals surface area (Å²) in [6.45, 7) is 6.51. The molecule has 2 rings (SSSR count).